The Labute approximate surface area is 204 Å². The third-order valence-corrected chi connectivity index (χ3v) is 6.57. The first-order chi connectivity index (χ1) is 17.2. The molecular formula is C27H22F3N3O3. The number of methoxy groups -OCH3 is 1. The topological polar surface area (TPSA) is 72.7 Å². The zero-order valence-corrected chi connectivity index (χ0v) is 19.3. The molecule has 0 unspecified atom stereocenters. The summed E-state index contributed by atoms with van der Waals surface area (Å²) >= 11 is 0. The van der Waals surface area contributed by atoms with Crippen LogP contribution in [0.4, 0.5) is 18.9 Å². The number of amides is 1. The standard InChI is InChI=1S/C27H22F3N3O3/c1-36-25(35)26(12-13-26)19-8-10-21(11-9-19)32-24(34)22-16-31-33-14-2-3-18(23(22)33)15-17-4-6-20(7-5-17)27(28,29)30/h2-11,14,16H,12-13,15H2,1H3,(H,32,34). The number of alkyl halides is 3. The third kappa shape index (κ3) is 4.32. The number of fused-ring (bicyclic) bond motifs is 1. The number of carbonyl (C=O) groups is 2. The Balaban J connectivity index is 1.37. The second-order valence-corrected chi connectivity index (χ2v) is 8.86. The van der Waals surface area contributed by atoms with Crippen molar-refractivity contribution in [2.45, 2.75) is 30.9 Å². The molecule has 9 heteroatoms. The van der Waals surface area contributed by atoms with Gasteiger partial charge in [0.2, 0.25) is 0 Å². The fraction of sp³-hybridized carbons (Fsp3) is 0.222. The largest absolute Gasteiger partial charge is 0.468 e. The van der Waals surface area contributed by atoms with Crippen LogP contribution >= 0.6 is 0 Å². The van der Waals surface area contributed by atoms with Crippen molar-refractivity contribution in [1.82, 2.24) is 9.61 Å². The van der Waals surface area contributed by atoms with Gasteiger partial charge in [-0.25, -0.2) is 4.52 Å². The summed E-state index contributed by atoms with van der Waals surface area (Å²) in [5.74, 6) is -0.627. The molecule has 2 aromatic carbocycles. The van der Waals surface area contributed by atoms with Crippen LogP contribution in [-0.2, 0) is 27.5 Å². The fourth-order valence-corrected chi connectivity index (χ4v) is 4.46. The smallest absolute Gasteiger partial charge is 0.416 e. The number of hydrogen-bond acceptors (Lipinski definition) is 4. The monoisotopic (exact) mass is 493 g/mol. The van der Waals surface area contributed by atoms with Crippen LogP contribution in [-0.4, -0.2) is 28.6 Å². The van der Waals surface area contributed by atoms with Gasteiger partial charge in [0.1, 0.15) is 0 Å². The van der Waals surface area contributed by atoms with Crippen LogP contribution in [0.5, 0.6) is 0 Å². The van der Waals surface area contributed by atoms with E-state index in [0.717, 1.165) is 36.1 Å². The van der Waals surface area contributed by atoms with Gasteiger partial charge in [-0.3, -0.25) is 9.59 Å². The van der Waals surface area contributed by atoms with E-state index in [2.05, 4.69) is 10.4 Å². The lowest BCUT2D eigenvalue weighted by Crippen LogP contribution is -2.21. The van der Waals surface area contributed by atoms with Gasteiger partial charge < -0.3 is 10.1 Å². The molecule has 2 heterocycles. The van der Waals surface area contributed by atoms with Crippen LogP contribution in [0.15, 0.2) is 73.1 Å². The summed E-state index contributed by atoms with van der Waals surface area (Å²) in [5, 5.41) is 7.13. The zero-order chi connectivity index (χ0) is 25.5. The predicted octanol–water partition coefficient (Wildman–Crippen LogP) is 5.40. The number of nitrogens with one attached hydrogen (secondary N) is 1. The van der Waals surface area contributed by atoms with Gasteiger partial charge in [-0.2, -0.15) is 18.3 Å². The van der Waals surface area contributed by atoms with Crippen LogP contribution in [0.25, 0.3) is 5.52 Å². The average Bonchev–Trinajstić information content (AvgIpc) is 3.56. The molecule has 1 N–H and O–H groups in total. The van der Waals surface area contributed by atoms with Crippen LogP contribution in [0.2, 0.25) is 0 Å². The average molecular weight is 493 g/mol. The van der Waals surface area contributed by atoms with E-state index in [9.17, 15) is 22.8 Å². The number of nitrogens with zero attached hydrogens (tertiary/aromatic N) is 2. The molecule has 0 bridgehead atoms. The van der Waals surface area contributed by atoms with E-state index < -0.39 is 17.2 Å². The van der Waals surface area contributed by atoms with Crippen molar-refractivity contribution >= 4 is 23.1 Å². The number of carbonyl (C=O) groups excluding carboxylic acids is 2. The Morgan fingerprint density at radius 2 is 1.75 bits per heavy atom. The first kappa shape index (κ1) is 23.6. The number of esters is 1. The summed E-state index contributed by atoms with van der Waals surface area (Å²) in [6.07, 6.45) is 0.570. The molecule has 2 aromatic heterocycles. The van der Waals surface area contributed by atoms with Crippen LogP contribution in [0.1, 0.15) is 45.5 Å². The predicted molar refractivity (Wildman–Crippen MR) is 127 cm³/mol. The maximum atomic E-state index is 13.1. The molecule has 6 nitrogen and oxygen atoms in total. The molecule has 0 spiro atoms. The number of aromatic nitrogens is 2. The Morgan fingerprint density at radius 1 is 1.06 bits per heavy atom. The highest BCUT2D eigenvalue weighted by molar-refractivity contribution is 6.09. The maximum absolute atomic E-state index is 13.1. The summed E-state index contributed by atoms with van der Waals surface area (Å²) in [4.78, 5) is 25.2. The van der Waals surface area contributed by atoms with E-state index in [0.29, 0.717) is 28.8 Å². The lowest BCUT2D eigenvalue weighted by molar-refractivity contribution is -0.143. The molecule has 5 rings (SSSR count). The SMILES string of the molecule is COC(=O)C1(c2ccc(NC(=O)c3cnn4cccc(Cc5ccc(C(F)(F)F)cc5)c34)cc2)CC1. The Morgan fingerprint density at radius 3 is 2.36 bits per heavy atom. The first-order valence-corrected chi connectivity index (χ1v) is 11.3. The van der Waals surface area contributed by atoms with Crippen molar-refractivity contribution in [1.29, 1.82) is 0 Å². The van der Waals surface area contributed by atoms with Crippen LogP contribution in [0.3, 0.4) is 0 Å². The molecular weight excluding hydrogens is 471 g/mol. The number of ether oxygens (including phenoxy) is 1. The molecule has 1 fully saturated rings. The number of anilines is 1. The highest BCUT2D eigenvalue weighted by Gasteiger charge is 2.52. The summed E-state index contributed by atoms with van der Waals surface area (Å²) in [7, 11) is 1.37. The third-order valence-electron chi connectivity index (χ3n) is 6.57. The minimum atomic E-state index is -4.40. The lowest BCUT2D eigenvalue weighted by atomic mass is 9.96. The number of rotatable bonds is 6. The molecule has 0 saturated heterocycles. The van der Waals surface area contributed by atoms with Gasteiger partial charge in [0, 0.05) is 11.9 Å². The van der Waals surface area contributed by atoms with Gasteiger partial charge in [0.05, 0.1) is 35.4 Å². The molecule has 1 saturated carbocycles. The Bertz CT molecular complexity index is 1440. The van der Waals surface area contributed by atoms with E-state index >= 15 is 0 Å². The minimum Gasteiger partial charge on any atom is -0.468 e. The van der Waals surface area contributed by atoms with Gasteiger partial charge in [0.25, 0.3) is 5.91 Å². The van der Waals surface area contributed by atoms with Gasteiger partial charge in [0.15, 0.2) is 0 Å². The Kier molecular flexibility index (Phi) is 5.78. The van der Waals surface area contributed by atoms with E-state index in [1.54, 1.807) is 28.9 Å². The maximum Gasteiger partial charge on any atom is 0.416 e. The number of hydrogen-bond donors (Lipinski definition) is 1. The molecule has 0 aliphatic heterocycles. The van der Waals surface area contributed by atoms with Crippen molar-refractivity contribution in [2.24, 2.45) is 0 Å². The van der Waals surface area contributed by atoms with Crippen LogP contribution < -0.4 is 5.32 Å². The molecule has 1 aliphatic carbocycles. The van der Waals surface area contributed by atoms with E-state index in [4.69, 9.17) is 4.74 Å². The van der Waals surface area contributed by atoms with E-state index in [1.165, 1.54) is 25.4 Å². The van der Waals surface area contributed by atoms with Gasteiger partial charge in [-0.05, 0) is 66.3 Å². The van der Waals surface area contributed by atoms with Crippen molar-refractivity contribution < 1.29 is 27.5 Å². The van der Waals surface area contributed by atoms with Gasteiger partial charge >= 0.3 is 12.1 Å². The number of pyridine rings is 1. The summed E-state index contributed by atoms with van der Waals surface area (Å²) < 4.78 is 45.2. The van der Waals surface area contributed by atoms with Gasteiger partial charge in [-0.1, -0.05) is 30.3 Å². The second kappa shape index (κ2) is 8.82. The number of benzene rings is 2. The van der Waals surface area contributed by atoms with Gasteiger partial charge in [-0.15, -0.1) is 0 Å². The zero-order valence-electron chi connectivity index (χ0n) is 19.3. The van der Waals surface area contributed by atoms with E-state index in [-0.39, 0.29) is 11.9 Å². The molecule has 0 atom stereocenters. The fourth-order valence-electron chi connectivity index (χ4n) is 4.46. The van der Waals surface area contributed by atoms with Crippen molar-refractivity contribution in [2.75, 3.05) is 12.4 Å². The minimum absolute atomic E-state index is 0.258. The summed E-state index contributed by atoms with van der Waals surface area (Å²) in [5.41, 5.74) is 2.46. The molecule has 1 amide bonds. The molecule has 0 radical (unpaired) electrons. The summed E-state index contributed by atoms with van der Waals surface area (Å²) in [6, 6.07) is 15.7. The lowest BCUT2D eigenvalue weighted by Gasteiger charge is -2.14. The first-order valence-electron chi connectivity index (χ1n) is 11.3. The quantitative estimate of drug-likeness (QED) is 0.365. The summed E-state index contributed by atoms with van der Waals surface area (Å²) in [6.45, 7) is 0. The molecule has 4 aromatic rings. The molecule has 1 aliphatic rings. The molecule has 184 valence electrons. The van der Waals surface area contributed by atoms with Crippen molar-refractivity contribution in [3.05, 3.63) is 101 Å². The van der Waals surface area contributed by atoms with Crippen molar-refractivity contribution in [3.63, 3.8) is 0 Å². The van der Waals surface area contributed by atoms with Crippen LogP contribution in [0, 0.1) is 0 Å². The molecule has 36 heavy (non-hydrogen) atoms. The van der Waals surface area contributed by atoms with E-state index in [1.807, 2.05) is 18.2 Å². The highest BCUT2D eigenvalue weighted by atomic mass is 19.4. The second-order valence-electron chi connectivity index (χ2n) is 8.86. The Hall–Kier alpha value is -4.14. The van der Waals surface area contributed by atoms with Crippen molar-refractivity contribution in [3.8, 4) is 0 Å². The highest BCUT2D eigenvalue weighted by Crippen LogP contribution is 2.49. The normalized spacial score (nSPS) is 14.4. The number of halogens is 3.